The highest BCUT2D eigenvalue weighted by atomic mass is 16.3. The van der Waals surface area contributed by atoms with Crippen LogP contribution in [0.5, 0.6) is 0 Å². The zero-order valence-corrected chi connectivity index (χ0v) is 14.0. The second kappa shape index (κ2) is 7.89. The third kappa shape index (κ3) is 4.21. The molecule has 0 radical (unpaired) electrons. The van der Waals surface area contributed by atoms with Crippen molar-refractivity contribution in [2.45, 2.75) is 6.92 Å². The average molecular weight is 348 g/mol. The zero-order chi connectivity index (χ0) is 18.4. The van der Waals surface area contributed by atoms with Crippen LogP contribution in [0.15, 0.2) is 76.7 Å². The van der Waals surface area contributed by atoms with Crippen LogP contribution < -0.4 is 10.7 Å². The number of carbonyl (C=O) groups is 2. The lowest BCUT2D eigenvalue weighted by Crippen LogP contribution is -2.18. The summed E-state index contributed by atoms with van der Waals surface area (Å²) in [5.74, 6) is -0.466. The Morgan fingerprint density at radius 3 is 2.46 bits per heavy atom. The van der Waals surface area contributed by atoms with Crippen molar-refractivity contribution < 1.29 is 14.0 Å². The molecule has 7 nitrogen and oxygen atoms in total. The Morgan fingerprint density at radius 1 is 1.00 bits per heavy atom. The number of nitrogens with one attached hydrogen (secondary N) is 2. The van der Waals surface area contributed by atoms with Gasteiger partial charge in [0.25, 0.3) is 5.91 Å². The quantitative estimate of drug-likeness (QED) is 0.547. The molecule has 2 aromatic heterocycles. The number of carbonyl (C=O) groups excluding carboxylic acids is 2. The summed E-state index contributed by atoms with van der Waals surface area (Å²) in [6.07, 6.45) is 4.53. The van der Waals surface area contributed by atoms with E-state index >= 15 is 0 Å². The minimum Gasteiger partial charge on any atom is -0.459 e. The van der Waals surface area contributed by atoms with Gasteiger partial charge in [-0.05, 0) is 48.9 Å². The van der Waals surface area contributed by atoms with E-state index in [2.05, 4.69) is 20.8 Å². The minimum atomic E-state index is -0.422. The summed E-state index contributed by atoms with van der Waals surface area (Å²) in [4.78, 5) is 27.8. The van der Waals surface area contributed by atoms with Crippen molar-refractivity contribution in [1.82, 2.24) is 10.4 Å². The Kier molecular flexibility index (Phi) is 5.19. The highest BCUT2D eigenvalue weighted by Crippen LogP contribution is 2.12. The number of benzene rings is 1. The van der Waals surface area contributed by atoms with E-state index in [4.69, 9.17) is 4.42 Å². The van der Waals surface area contributed by atoms with Crippen molar-refractivity contribution in [2.24, 2.45) is 5.10 Å². The van der Waals surface area contributed by atoms with E-state index in [1.54, 1.807) is 61.7 Å². The summed E-state index contributed by atoms with van der Waals surface area (Å²) in [7, 11) is 0. The summed E-state index contributed by atoms with van der Waals surface area (Å²) in [6, 6.07) is 13.7. The van der Waals surface area contributed by atoms with E-state index in [1.807, 2.05) is 0 Å². The molecule has 0 atom stereocenters. The predicted molar refractivity (Wildman–Crippen MR) is 97.0 cm³/mol. The largest absolute Gasteiger partial charge is 0.459 e. The molecule has 0 unspecified atom stereocenters. The van der Waals surface area contributed by atoms with Gasteiger partial charge in [0.05, 0.1) is 17.5 Å². The first-order valence-electron chi connectivity index (χ1n) is 7.83. The fourth-order valence-corrected chi connectivity index (χ4v) is 2.16. The van der Waals surface area contributed by atoms with Crippen molar-refractivity contribution in [3.63, 3.8) is 0 Å². The molecule has 130 valence electrons. The molecular weight excluding hydrogens is 332 g/mol. The Bertz CT molecular complexity index is 917. The molecule has 1 aromatic carbocycles. The highest BCUT2D eigenvalue weighted by molar-refractivity contribution is 6.04. The van der Waals surface area contributed by atoms with E-state index in [-0.39, 0.29) is 11.7 Å². The molecule has 0 aliphatic carbocycles. The van der Waals surface area contributed by atoms with Crippen LogP contribution >= 0.6 is 0 Å². The van der Waals surface area contributed by atoms with Gasteiger partial charge in [0.15, 0.2) is 5.76 Å². The maximum absolute atomic E-state index is 12.1. The fourth-order valence-electron chi connectivity index (χ4n) is 2.16. The molecule has 0 aliphatic rings. The Labute approximate surface area is 149 Å². The molecule has 2 heterocycles. The number of pyridine rings is 1. The van der Waals surface area contributed by atoms with E-state index < -0.39 is 5.91 Å². The topological polar surface area (TPSA) is 96.6 Å². The normalized spacial score (nSPS) is 11.0. The van der Waals surface area contributed by atoms with Gasteiger partial charge in [-0.2, -0.15) is 5.10 Å². The van der Waals surface area contributed by atoms with Gasteiger partial charge >= 0.3 is 5.91 Å². The molecule has 2 amide bonds. The van der Waals surface area contributed by atoms with Gasteiger partial charge in [0.2, 0.25) is 0 Å². The molecule has 0 fully saturated rings. The second-order valence-corrected chi connectivity index (χ2v) is 5.39. The summed E-state index contributed by atoms with van der Waals surface area (Å²) >= 11 is 0. The van der Waals surface area contributed by atoms with E-state index in [9.17, 15) is 9.59 Å². The second-order valence-electron chi connectivity index (χ2n) is 5.39. The number of anilines is 1. The molecule has 0 saturated heterocycles. The molecule has 0 aliphatic heterocycles. The maximum atomic E-state index is 12.1. The number of nitrogens with zero attached hydrogens (tertiary/aromatic N) is 2. The summed E-state index contributed by atoms with van der Waals surface area (Å²) in [5.41, 5.74) is 4.99. The Balaban J connectivity index is 1.62. The predicted octanol–water partition coefficient (Wildman–Crippen LogP) is 3.08. The van der Waals surface area contributed by atoms with Gasteiger partial charge in [-0.15, -0.1) is 0 Å². The Morgan fingerprint density at radius 2 is 1.81 bits per heavy atom. The van der Waals surface area contributed by atoms with Gasteiger partial charge in [-0.25, -0.2) is 5.43 Å². The van der Waals surface area contributed by atoms with E-state index in [0.717, 1.165) is 5.56 Å². The molecular formula is C19H16N4O3. The lowest BCUT2D eigenvalue weighted by molar-refractivity contribution is 0.0926. The number of amides is 2. The van der Waals surface area contributed by atoms with Crippen LogP contribution in [0, 0.1) is 0 Å². The van der Waals surface area contributed by atoms with Gasteiger partial charge < -0.3 is 9.73 Å². The maximum Gasteiger partial charge on any atom is 0.307 e. The first-order chi connectivity index (χ1) is 12.6. The van der Waals surface area contributed by atoms with Crippen LogP contribution in [-0.4, -0.2) is 22.5 Å². The number of hydrogen-bond acceptors (Lipinski definition) is 5. The third-order valence-corrected chi connectivity index (χ3v) is 3.55. The van der Waals surface area contributed by atoms with Crippen LogP contribution in [-0.2, 0) is 0 Å². The van der Waals surface area contributed by atoms with Crippen molar-refractivity contribution in [2.75, 3.05) is 5.32 Å². The average Bonchev–Trinajstić information content (AvgIpc) is 3.22. The van der Waals surface area contributed by atoms with Gasteiger partial charge in [0.1, 0.15) is 0 Å². The van der Waals surface area contributed by atoms with Crippen molar-refractivity contribution in [1.29, 1.82) is 0 Å². The SMILES string of the molecule is C/C(=N\NC(=O)c1ccco1)c1ccc(NC(=O)c2cccnc2)cc1. The molecule has 0 bridgehead atoms. The van der Waals surface area contributed by atoms with E-state index in [1.165, 1.54) is 12.5 Å². The first-order valence-corrected chi connectivity index (χ1v) is 7.83. The molecule has 0 saturated carbocycles. The fraction of sp³-hybridized carbons (Fsp3) is 0.0526. The minimum absolute atomic E-state index is 0.190. The standard InChI is InChI=1S/C19H16N4O3/c1-13(22-23-19(25)17-5-3-11-26-17)14-6-8-16(9-7-14)21-18(24)15-4-2-10-20-12-15/h2-12H,1H3,(H,21,24)(H,23,25)/b22-13+. The molecule has 7 heteroatoms. The molecule has 0 spiro atoms. The smallest absolute Gasteiger partial charge is 0.307 e. The summed E-state index contributed by atoms with van der Waals surface area (Å²) < 4.78 is 5.00. The van der Waals surface area contributed by atoms with Crippen LogP contribution in [0.3, 0.4) is 0 Å². The molecule has 26 heavy (non-hydrogen) atoms. The van der Waals surface area contributed by atoms with Crippen LogP contribution in [0.1, 0.15) is 33.4 Å². The van der Waals surface area contributed by atoms with Crippen molar-refractivity contribution in [3.05, 3.63) is 84.1 Å². The Hall–Kier alpha value is -3.74. The van der Waals surface area contributed by atoms with Gasteiger partial charge in [0, 0.05) is 18.1 Å². The van der Waals surface area contributed by atoms with Crippen molar-refractivity contribution in [3.8, 4) is 0 Å². The number of aromatic nitrogens is 1. The van der Waals surface area contributed by atoms with Crippen LogP contribution in [0.2, 0.25) is 0 Å². The van der Waals surface area contributed by atoms with Gasteiger partial charge in [-0.1, -0.05) is 12.1 Å². The number of hydrazone groups is 1. The van der Waals surface area contributed by atoms with Gasteiger partial charge in [-0.3, -0.25) is 14.6 Å². The molecule has 3 rings (SSSR count). The first kappa shape index (κ1) is 17.1. The number of furan rings is 1. The monoisotopic (exact) mass is 348 g/mol. The summed E-state index contributed by atoms with van der Waals surface area (Å²) in [6.45, 7) is 1.77. The van der Waals surface area contributed by atoms with Crippen LogP contribution in [0.4, 0.5) is 5.69 Å². The molecule has 2 N–H and O–H groups in total. The van der Waals surface area contributed by atoms with Crippen LogP contribution in [0.25, 0.3) is 0 Å². The zero-order valence-electron chi connectivity index (χ0n) is 14.0. The molecule has 3 aromatic rings. The lowest BCUT2D eigenvalue weighted by Gasteiger charge is -2.06. The van der Waals surface area contributed by atoms with E-state index in [0.29, 0.717) is 17.0 Å². The number of rotatable bonds is 5. The third-order valence-electron chi connectivity index (χ3n) is 3.55. The summed E-state index contributed by atoms with van der Waals surface area (Å²) in [5, 5.41) is 6.84. The number of hydrogen-bond donors (Lipinski definition) is 2. The van der Waals surface area contributed by atoms with Crippen molar-refractivity contribution >= 4 is 23.2 Å². The highest BCUT2D eigenvalue weighted by Gasteiger charge is 2.08. The lowest BCUT2D eigenvalue weighted by atomic mass is 10.1.